The molecule has 1 aromatic heterocycles. The summed E-state index contributed by atoms with van der Waals surface area (Å²) in [6, 6.07) is 6.88. The number of nitrogens with one attached hydrogen (secondary N) is 1. The van der Waals surface area contributed by atoms with Gasteiger partial charge in [-0.2, -0.15) is 0 Å². The fourth-order valence-electron chi connectivity index (χ4n) is 1.99. The van der Waals surface area contributed by atoms with Gasteiger partial charge in [-0.3, -0.25) is 10.1 Å². The van der Waals surface area contributed by atoms with Crippen LogP contribution >= 0.6 is 0 Å². The summed E-state index contributed by atoms with van der Waals surface area (Å²) < 4.78 is 5.45. The summed E-state index contributed by atoms with van der Waals surface area (Å²) >= 11 is 0. The average molecular weight is 286 g/mol. The predicted octanol–water partition coefficient (Wildman–Crippen LogP) is 2.33. The number of benzene rings is 1. The van der Waals surface area contributed by atoms with E-state index in [4.69, 9.17) is 10.5 Å². The molecule has 0 bridgehead atoms. The summed E-state index contributed by atoms with van der Waals surface area (Å²) in [7, 11) is 0. The molecule has 0 saturated heterocycles. The number of nitrogens with zero attached hydrogens (tertiary/aromatic N) is 2. The lowest BCUT2D eigenvalue weighted by Crippen LogP contribution is -2.17. The van der Waals surface area contributed by atoms with Crippen molar-refractivity contribution in [3.8, 4) is 5.75 Å². The fourth-order valence-corrected chi connectivity index (χ4v) is 1.99. The van der Waals surface area contributed by atoms with Crippen molar-refractivity contribution in [1.29, 1.82) is 0 Å². The first-order valence-electron chi connectivity index (χ1n) is 6.66. The molecule has 2 rings (SSSR count). The monoisotopic (exact) mass is 286 g/mol. The van der Waals surface area contributed by atoms with E-state index in [1.165, 1.54) is 0 Å². The second-order valence-electron chi connectivity index (χ2n) is 4.59. The third-order valence-corrected chi connectivity index (χ3v) is 2.79. The summed E-state index contributed by atoms with van der Waals surface area (Å²) in [5, 5.41) is 2.67. The molecule has 6 nitrogen and oxygen atoms in total. The number of nitrogens with two attached hydrogens (primary N) is 1. The minimum atomic E-state index is -0.351. The lowest BCUT2D eigenvalue weighted by Gasteiger charge is -2.12. The summed E-state index contributed by atoms with van der Waals surface area (Å²) in [6.45, 7) is 5.95. The van der Waals surface area contributed by atoms with Gasteiger partial charge >= 0.3 is 0 Å². The summed E-state index contributed by atoms with van der Waals surface area (Å²) in [5.74, 6) is 0.292. The Morgan fingerprint density at radius 3 is 2.57 bits per heavy atom. The summed E-state index contributed by atoms with van der Waals surface area (Å²) in [4.78, 5) is 20.7. The van der Waals surface area contributed by atoms with Crippen LogP contribution in [0.25, 0.3) is 0 Å². The molecule has 0 aliphatic heterocycles. The Balaban J connectivity index is 2.30. The molecule has 1 heterocycles. The van der Waals surface area contributed by atoms with Gasteiger partial charge < -0.3 is 10.5 Å². The van der Waals surface area contributed by atoms with E-state index >= 15 is 0 Å². The van der Waals surface area contributed by atoms with Gasteiger partial charge in [-0.05, 0) is 39.0 Å². The minimum absolute atomic E-state index is 0.266. The number of carbonyl (C=O) groups excluding carboxylic acids is 1. The zero-order valence-electron chi connectivity index (χ0n) is 12.3. The molecule has 1 amide bonds. The molecule has 3 N–H and O–H groups in total. The molecule has 0 aliphatic rings. The van der Waals surface area contributed by atoms with Gasteiger partial charge in [0.05, 0.1) is 17.9 Å². The Morgan fingerprint density at radius 2 is 1.95 bits per heavy atom. The SMILES string of the molecule is CCOc1c(N)cccc1C(=O)Nc1nc(C)cc(C)n1. The van der Waals surface area contributed by atoms with Gasteiger partial charge in [0.15, 0.2) is 5.75 Å². The quantitative estimate of drug-likeness (QED) is 0.842. The molecule has 2 aromatic rings. The van der Waals surface area contributed by atoms with Crippen LogP contribution in [0.3, 0.4) is 0 Å². The summed E-state index contributed by atoms with van der Waals surface area (Å²) in [5.41, 5.74) is 8.21. The van der Waals surface area contributed by atoms with E-state index in [0.717, 1.165) is 11.4 Å². The van der Waals surface area contributed by atoms with Gasteiger partial charge in [0.2, 0.25) is 5.95 Å². The van der Waals surface area contributed by atoms with Crippen LogP contribution in [0.4, 0.5) is 11.6 Å². The third kappa shape index (κ3) is 3.47. The lowest BCUT2D eigenvalue weighted by molar-refractivity contribution is 0.102. The van der Waals surface area contributed by atoms with Crippen molar-refractivity contribution >= 4 is 17.5 Å². The van der Waals surface area contributed by atoms with Crippen molar-refractivity contribution in [2.75, 3.05) is 17.7 Å². The number of hydrogen-bond acceptors (Lipinski definition) is 5. The maximum absolute atomic E-state index is 12.4. The van der Waals surface area contributed by atoms with Gasteiger partial charge in [-0.15, -0.1) is 0 Å². The van der Waals surface area contributed by atoms with Gasteiger partial charge in [0.25, 0.3) is 5.91 Å². The fraction of sp³-hybridized carbons (Fsp3) is 0.267. The zero-order chi connectivity index (χ0) is 15.4. The lowest BCUT2D eigenvalue weighted by atomic mass is 10.1. The molecule has 0 radical (unpaired) electrons. The molecule has 21 heavy (non-hydrogen) atoms. The summed E-state index contributed by atoms with van der Waals surface area (Å²) in [6.07, 6.45) is 0. The molecule has 0 spiro atoms. The Kier molecular flexibility index (Phi) is 4.37. The number of nitrogen functional groups attached to an aromatic ring is 1. The normalized spacial score (nSPS) is 10.2. The molecule has 6 heteroatoms. The second-order valence-corrected chi connectivity index (χ2v) is 4.59. The highest BCUT2D eigenvalue weighted by molar-refractivity contribution is 6.06. The van der Waals surface area contributed by atoms with Gasteiger partial charge in [-0.1, -0.05) is 6.07 Å². The Labute approximate surface area is 123 Å². The van der Waals surface area contributed by atoms with Crippen molar-refractivity contribution in [3.05, 3.63) is 41.2 Å². The van der Waals surface area contributed by atoms with Crippen molar-refractivity contribution in [3.63, 3.8) is 0 Å². The van der Waals surface area contributed by atoms with Crippen molar-refractivity contribution < 1.29 is 9.53 Å². The number of carbonyl (C=O) groups is 1. The average Bonchev–Trinajstić information content (AvgIpc) is 2.40. The Bertz CT molecular complexity index is 650. The topological polar surface area (TPSA) is 90.1 Å². The second kappa shape index (κ2) is 6.21. The molecule has 0 aliphatic carbocycles. The van der Waals surface area contributed by atoms with Crippen LogP contribution in [0.5, 0.6) is 5.75 Å². The number of ether oxygens (including phenoxy) is 1. The standard InChI is InChI=1S/C15H18N4O2/c1-4-21-13-11(6-5-7-12(13)16)14(20)19-15-17-9(2)8-10(3)18-15/h5-8H,4,16H2,1-3H3,(H,17,18,19,20). The van der Waals surface area contributed by atoms with Gasteiger partial charge in [0, 0.05) is 11.4 Å². The van der Waals surface area contributed by atoms with Crippen LogP contribution in [-0.2, 0) is 0 Å². The van der Waals surface area contributed by atoms with Crippen LogP contribution in [-0.4, -0.2) is 22.5 Å². The first-order chi connectivity index (χ1) is 10.0. The molecule has 0 unspecified atom stereocenters. The van der Waals surface area contributed by atoms with Gasteiger partial charge in [0.1, 0.15) is 0 Å². The number of para-hydroxylation sites is 1. The first-order valence-corrected chi connectivity index (χ1v) is 6.66. The van der Waals surface area contributed by atoms with E-state index in [2.05, 4.69) is 15.3 Å². The predicted molar refractivity (Wildman–Crippen MR) is 81.5 cm³/mol. The molecule has 0 atom stereocenters. The van der Waals surface area contributed by atoms with E-state index in [-0.39, 0.29) is 11.9 Å². The molecular weight excluding hydrogens is 268 g/mol. The van der Waals surface area contributed by atoms with E-state index in [0.29, 0.717) is 23.6 Å². The third-order valence-electron chi connectivity index (χ3n) is 2.79. The number of amides is 1. The smallest absolute Gasteiger partial charge is 0.261 e. The highest BCUT2D eigenvalue weighted by Gasteiger charge is 2.16. The number of hydrogen-bond donors (Lipinski definition) is 2. The van der Waals surface area contributed by atoms with E-state index in [1.807, 2.05) is 26.8 Å². The van der Waals surface area contributed by atoms with Gasteiger partial charge in [-0.25, -0.2) is 9.97 Å². The Morgan fingerprint density at radius 1 is 1.29 bits per heavy atom. The highest BCUT2D eigenvalue weighted by atomic mass is 16.5. The van der Waals surface area contributed by atoms with Crippen LogP contribution in [0.15, 0.2) is 24.3 Å². The molecular formula is C15H18N4O2. The zero-order valence-corrected chi connectivity index (χ0v) is 12.3. The molecule has 110 valence electrons. The van der Waals surface area contributed by atoms with Crippen molar-refractivity contribution in [1.82, 2.24) is 9.97 Å². The number of aromatic nitrogens is 2. The molecule has 0 saturated carbocycles. The maximum Gasteiger partial charge on any atom is 0.261 e. The molecule has 1 aromatic carbocycles. The van der Waals surface area contributed by atoms with E-state index in [9.17, 15) is 4.79 Å². The number of rotatable bonds is 4. The largest absolute Gasteiger partial charge is 0.491 e. The number of anilines is 2. The Hall–Kier alpha value is -2.63. The minimum Gasteiger partial charge on any atom is -0.491 e. The first kappa shape index (κ1) is 14.8. The van der Waals surface area contributed by atoms with Crippen molar-refractivity contribution in [2.24, 2.45) is 0 Å². The number of aryl methyl sites for hydroxylation is 2. The van der Waals surface area contributed by atoms with E-state index in [1.54, 1.807) is 18.2 Å². The van der Waals surface area contributed by atoms with Crippen LogP contribution in [0.2, 0.25) is 0 Å². The van der Waals surface area contributed by atoms with Crippen LogP contribution in [0, 0.1) is 13.8 Å². The molecule has 0 fully saturated rings. The maximum atomic E-state index is 12.4. The van der Waals surface area contributed by atoms with Crippen LogP contribution in [0.1, 0.15) is 28.7 Å². The highest BCUT2D eigenvalue weighted by Crippen LogP contribution is 2.26. The van der Waals surface area contributed by atoms with E-state index < -0.39 is 0 Å². The van der Waals surface area contributed by atoms with Crippen molar-refractivity contribution in [2.45, 2.75) is 20.8 Å². The van der Waals surface area contributed by atoms with Crippen LogP contribution < -0.4 is 15.8 Å².